The first kappa shape index (κ1) is 10.9. The van der Waals surface area contributed by atoms with Crippen molar-refractivity contribution in [1.29, 1.82) is 0 Å². The van der Waals surface area contributed by atoms with Gasteiger partial charge in [0.05, 0.1) is 11.5 Å². The number of hydrogen-bond donors (Lipinski definition) is 0. The summed E-state index contributed by atoms with van der Waals surface area (Å²) in [6, 6.07) is 10.4. The van der Waals surface area contributed by atoms with E-state index in [2.05, 4.69) is 24.3 Å². The van der Waals surface area contributed by atoms with Gasteiger partial charge < -0.3 is 4.90 Å². The molecule has 1 aromatic rings. The molecule has 84 valence electrons. The first-order chi connectivity index (χ1) is 7.53. The zero-order valence-corrected chi connectivity index (χ0v) is 9.97. The van der Waals surface area contributed by atoms with Gasteiger partial charge in [0.15, 0.2) is 0 Å². The van der Waals surface area contributed by atoms with Gasteiger partial charge in [-0.25, -0.2) is 0 Å². The van der Waals surface area contributed by atoms with Crippen molar-refractivity contribution in [3.8, 4) is 0 Å². The normalized spacial score (nSPS) is 23.6. The Morgan fingerprint density at radius 3 is 2.44 bits per heavy atom. The first-order valence-corrected chi connectivity index (χ1v) is 5.54. The summed E-state index contributed by atoms with van der Waals surface area (Å²) >= 11 is 0. The van der Waals surface area contributed by atoms with Gasteiger partial charge >= 0.3 is 0 Å². The van der Waals surface area contributed by atoms with Crippen LogP contribution in [0, 0.1) is 5.41 Å². The monoisotopic (exact) mass is 215 g/mol. The largest absolute Gasteiger partial charge is 0.338 e. The van der Waals surface area contributed by atoms with Gasteiger partial charge in [0, 0.05) is 7.05 Å². The van der Waals surface area contributed by atoms with Crippen LogP contribution >= 0.6 is 0 Å². The highest BCUT2D eigenvalue weighted by atomic mass is 16.2. The maximum atomic E-state index is 11.6. The molecule has 1 fully saturated rings. The van der Waals surface area contributed by atoms with Crippen molar-refractivity contribution in [3.05, 3.63) is 42.0 Å². The number of benzene rings is 1. The van der Waals surface area contributed by atoms with E-state index in [0.717, 1.165) is 0 Å². The molecule has 0 N–H and O–H groups in total. The third-order valence-electron chi connectivity index (χ3n) is 3.30. The van der Waals surface area contributed by atoms with Gasteiger partial charge in [-0.05, 0) is 19.4 Å². The van der Waals surface area contributed by atoms with E-state index in [-0.39, 0.29) is 17.4 Å². The molecule has 16 heavy (non-hydrogen) atoms. The molecule has 2 nitrogen and oxygen atoms in total. The molecule has 0 aliphatic carbocycles. The van der Waals surface area contributed by atoms with Crippen LogP contribution in [0.3, 0.4) is 0 Å². The summed E-state index contributed by atoms with van der Waals surface area (Å²) in [6.45, 7) is 3.99. The number of nitrogens with zero attached hydrogens (tertiary/aromatic N) is 1. The Labute approximate surface area is 96.6 Å². The van der Waals surface area contributed by atoms with Crippen molar-refractivity contribution in [2.24, 2.45) is 5.41 Å². The van der Waals surface area contributed by atoms with E-state index in [9.17, 15) is 4.79 Å². The lowest BCUT2D eigenvalue weighted by Gasteiger charge is -2.49. The SMILES string of the molecule is CN1C(=O)C(C)(C)C1C=Cc1ccccc1. The Bertz CT molecular complexity index is 420. The summed E-state index contributed by atoms with van der Waals surface area (Å²) in [4.78, 5) is 13.4. The number of β-lactam (4-membered cyclic amide) rings is 1. The zero-order valence-electron chi connectivity index (χ0n) is 9.97. The second-order valence-corrected chi connectivity index (χ2v) is 4.85. The number of likely N-dealkylation sites (tertiary alicyclic amines) is 1. The maximum Gasteiger partial charge on any atom is 0.230 e. The summed E-state index contributed by atoms with van der Waals surface area (Å²) in [6.07, 6.45) is 4.19. The fraction of sp³-hybridized carbons (Fsp3) is 0.357. The van der Waals surface area contributed by atoms with Gasteiger partial charge in [0.1, 0.15) is 0 Å². The second kappa shape index (κ2) is 3.78. The number of hydrogen-bond acceptors (Lipinski definition) is 1. The Hall–Kier alpha value is -1.57. The Morgan fingerprint density at radius 1 is 1.25 bits per heavy atom. The molecular formula is C14H17NO. The molecule has 1 heterocycles. The molecule has 1 aliphatic heterocycles. The van der Waals surface area contributed by atoms with Crippen LogP contribution in [0.15, 0.2) is 36.4 Å². The number of amides is 1. The zero-order chi connectivity index (χ0) is 11.8. The summed E-state index contributed by atoms with van der Waals surface area (Å²) in [7, 11) is 1.85. The van der Waals surface area contributed by atoms with Crippen LogP contribution in [0.5, 0.6) is 0 Å². The molecule has 1 saturated heterocycles. The third-order valence-corrected chi connectivity index (χ3v) is 3.30. The quantitative estimate of drug-likeness (QED) is 0.694. The minimum Gasteiger partial charge on any atom is -0.338 e. The van der Waals surface area contributed by atoms with Crippen molar-refractivity contribution < 1.29 is 4.79 Å². The Morgan fingerprint density at radius 2 is 1.88 bits per heavy atom. The van der Waals surface area contributed by atoms with Crippen molar-refractivity contribution in [1.82, 2.24) is 4.90 Å². The molecule has 1 aromatic carbocycles. The molecule has 1 amide bonds. The van der Waals surface area contributed by atoms with Crippen molar-refractivity contribution >= 4 is 12.0 Å². The van der Waals surface area contributed by atoms with Crippen LogP contribution in [0.2, 0.25) is 0 Å². The molecule has 2 heteroatoms. The van der Waals surface area contributed by atoms with Crippen molar-refractivity contribution in [2.45, 2.75) is 19.9 Å². The summed E-state index contributed by atoms with van der Waals surface area (Å²) in [5.41, 5.74) is 0.922. The lowest BCUT2D eigenvalue weighted by molar-refractivity contribution is -0.160. The molecule has 0 spiro atoms. The van der Waals surface area contributed by atoms with Gasteiger partial charge in [-0.1, -0.05) is 42.5 Å². The maximum absolute atomic E-state index is 11.6. The fourth-order valence-corrected chi connectivity index (χ4v) is 2.26. The van der Waals surface area contributed by atoms with E-state index in [0.29, 0.717) is 0 Å². The number of rotatable bonds is 2. The number of carbonyl (C=O) groups is 1. The standard InChI is InChI=1S/C14H17NO/c1-14(2)12(15(3)13(14)16)10-9-11-7-5-4-6-8-11/h4-10,12H,1-3H3. The van der Waals surface area contributed by atoms with E-state index >= 15 is 0 Å². The van der Waals surface area contributed by atoms with Gasteiger partial charge in [-0.15, -0.1) is 0 Å². The van der Waals surface area contributed by atoms with Gasteiger partial charge in [0.25, 0.3) is 0 Å². The van der Waals surface area contributed by atoms with E-state index in [1.54, 1.807) is 4.90 Å². The van der Waals surface area contributed by atoms with Gasteiger partial charge in [-0.3, -0.25) is 4.79 Å². The molecule has 0 bridgehead atoms. The Balaban J connectivity index is 2.12. The highest BCUT2D eigenvalue weighted by molar-refractivity contribution is 5.90. The third kappa shape index (κ3) is 1.64. The highest BCUT2D eigenvalue weighted by Crippen LogP contribution is 2.38. The summed E-state index contributed by atoms with van der Waals surface area (Å²) in [5, 5.41) is 0. The van der Waals surface area contributed by atoms with E-state index in [4.69, 9.17) is 0 Å². The van der Waals surface area contributed by atoms with Crippen LogP contribution in [-0.2, 0) is 4.79 Å². The van der Waals surface area contributed by atoms with Crippen LogP contribution in [-0.4, -0.2) is 23.9 Å². The molecule has 0 radical (unpaired) electrons. The number of likely N-dealkylation sites (N-methyl/N-ethyl adjacent to an activating group) is 1. The molecule has 2 rings (SSSR count). The predicted octanol–water partition coefficient (Wildman–Crippen LogP) is 2.57. The number of carbonyl (C=O) groups excluding carboxylic acids is 1. The molecule has 1 unspecified atom stereocenters. The van der Waals surface area contributed by atoms with E-state index in [1.165, 1.54) is 5.56 Å². The van der Waals surface area contributed by atoms with Crippen molar-refractivity contribution in [2.75, 3.05) is 7.05 Å². The second-order valence-electron chi connectivity index (χ2n) is 4.85. The van der Waals surface area contributed by atoms with Crippen molar-refractivity contribution in [3.63, 3.8) is 0 Å². The van der Waals surface area contributed by atoms with E-state index in [1.807, 2.05) is 39.1 Å². The minimum atomic E-state index is -0.250. The summed E-state index contributed by atoms with van der Waals surface area (Å²) < 4.78 is 0. The van der Waals surface area contributed by atoms with Crippen LogP contribution < -0.4 is 0 Å². The van der Waals surface area contributed by atoms with E-state index < -0.39 is 0 Å². The Kier molecular flexibility index (Phi) is 2.58. The average Bonchev–Trinajstić information content (AvgIpc) is 2.29. The molecule has 0 saturated carbocycles. The first-order valence-electron chi connectivity index (χ1n) is 5.54. The minimum absolute atomic E-state index is 0.209. The topological polar surface area (TPSA) is 20.3 Å². The summed E-state index contributed by atoms with van der Waals surface area (Å²) in [5.74, 6) is 0.218. The molecule has 1 aliphatic rings. The van der Waals surface area contributed by atoms with Crippen LogP contribution in [0.1, 0.15) is 19.4 Å². The van der Waals surface area contributed by atoms with Crippen LogP contribution in [0.4, 0.5) is 0 Å². The smallest absolute Gasteiger partial charge is 0.230 e. The fourth-order valence-electron chi connectivity index (χ4n) is 2.26. The molecule has 0 aromatic heterocycles. The predicted molar refractivity (Wildman–Crippen MR) is 65.8 cm³/mol. The molecular weight excluding hydrogens is 198 g/mol. The van der Waals surface area contributed by atoms with Gasteiger partial charge in [-0.2, -0.15) is 0 Å². The molecule has 1 atom stereocenters. The van der Waals surface area contributed by atoms with Gasteiger partial charge in [0.2, 0.25) is 5.91 Å². The average molecular weight is 215 g/mol. The lowest BCUT2D eigenvalue weighted by atomic mass is 9.74. The van der Waals surface area contributed by atoms with Crippen LogP contribution in [0.25, 0.3) is 6.08 Å². The lowest BCUT2D eigenvalue weighted by Crippen LogP contribution is -2.63. The highest BCUT2D eigenvalue weighted by Gasteiger charge is 2.50.